The summed E-state index contributed by atoms with van der Waals surface area (Å²) in [7, 11) is 3.08. The molecule has 0 spiro atoms. The first kappa shape index (κ1) is 28.9. The summed E-state index contributed by atoms with van der Waals surface area (Å²) in [6, 6.07) is 21.2. The number of halogens is 1. The van der Waals surface area contributed by atoms with Gasteiger partial charge in [-0.05, 0) is 30.5 Å². The van der Waals surface area contributed by atoms with Crippen molar-refractivity contribution in [2.45, 2.75) is 45.3 Å². The zero-order valence-corrected chi connectivity index (χ0v) is 23.0. The Morgan fingerprint density at radius 3 is 2.13 bits per heavy atom. The standard InChI is InChI=1S/C30H35ClN2O5/c1-5-21(2)32-30(35)28(15-22-11-7-6-8-12-22)33(19-23-13-9-10-14-27(23)31)29(34)20-38-26-17-24(36-3)16-25(18-26)37-4/h6-14,16-18,21,28H,5,15,19-20H2,1-4H3,(H,32,35). The van der Waals surface area contributed by atoms with Crippen molar-refractivity contribution in [2.24, 2.45) is 0 Å². The highest BCUT2D eigenvalue weighted by Crippen LogP contribution is 2.28. The van der Waals surface area contributed by atoms with E-state index in [1.54, 1.807) is 43.4 Å². The second kappa shape index (κ2) is 14.3. The van der Waals surface area contributed by atoms with Gasteiger partial charge in [0.1, 0.15) is 23.3 Å². The van der Waals surface area contributed by atoms with E-state index in [2.05, 4.69) is 5.32 Å². The lowest BCUT2D eigenvalue weighted by Crippen LogP contribution is -2.53. The van der Waals surface area contributed by atoms with E-state index in [0.29, 0.717) is 28.7 Å². The van der Waals surface area contributed by atoms with Crippen LogP contribution in [0, 0.1) is 0 Å². The van der Waals surface area contributed by atoms with Crippen LogP contribution in [0.4, 0.5) is 0 Å². The third kappa shape index (κ3) is 8.15. The van der Waals surface area contributed by atoms with Gasteiger partial charge in [0, 0.05) is 42.2 Å². The summed E-state index contributed by atoms with van der Waals surface area (Å²) in [5.74, 6) is 0.902. The lowest BCUT2D eigenvalue weighted by Gasteiger charge is -2.32. The topological polar surface area (TPSA) is 77.1 Å². The number of benzene rings is 3. The van der Waals surface area contributed by atoms with Crippen molar-refractivity contribution < 1.29 is 23.8 Å². The van der Waals surface area contributed by atoms with Gasteiger partial charge in [-0.25, -0.2) is 0 Å². The van der Waals surface area contributed by atoms with Crippen LogP contribution in [0.5, 0.6) is 17.2 Å². The molecule has 2 amide bonds. The van der Waals surface area contributed by atoms with Crippen LogP contribution < -0.4 is 19.5 Å². The van der Waals surface area contributed by atoms with E-state index < -0.39 is 6.04 Å². The summed E-state index contributed by atoms with van der Waals surface area (Å²) in [5.41, 5.74) is 1.67. The van der Waals surface area contributed by atoms with Crippen molar-refractivity contribution >= 4 is 23.4 Å². The number of hydrogen-bond donors (Lipinski definition) is 1. The molecule has 0 fully saturated rings. The van der Waals surface area contributed by atoms with Crippen molar-refractivity contribution in [3.63, 3.8) is 0 Å². The summed E-state index contributed by atoms with van der Waals surface area (Å²) < 4.78 is 16.5. The molecule has 0 heterocycles. The van der Waals surface area contributed by atoms with Crippen LogP contribution in [0.15, 0.2) is 72.8 Å². The van der Waals surface area contributed by atoms with Crippen LogP contribution in [-0.4, -0.2) is 49.6 Å². The maximum atomic E-state index is 13.7. The first-order valence-electron chi connectivity index (χ1n) is 12.6. The Labute approximate surface area is 229 Å². The van der Waals surface area contributed by atoms with Crippen molar-refractivity contribution in [3.8, 4) is 17.2 Å². The number of amides is 2. The molecule has 3 rings (SSSR count). The van der Waals surface area contributed by atoms with Gasteiger partial charge in [0.05, 0.1) is 14.2 Å². The Hall–Kier alpha value is -3.71. The molecule has 2 unspecified atom stereocenters. The second-order valence-corrected chi connectivity index (χ2v) is 9.38. The molecule has 202 valence electrons. The van der Waals surface area contributed by atoms with Gasteiger partial charge in [-0.3, -0.25) is 9.59 Å². The minimum absolute atomic E-state index is 0.0430. The van der Waals surface area contributed by atoms with E-state index in [1.165, 1.54) is 0 Å². The molecule has 0 saturated carbocycles. The normalized spacial score (nSPS) is 12.2. The highest BCUT2D eigenvalue weighted by Gasteiger charge is 2.31. The number of ether oxygens (including phenoxy) is 3. The van der Waals surface area contributed by atoms with Crippen LogP contribution in [-0.2, 0) is 22.6 Å². The Kier molecular flexibility index (Phi) is 10.8. The number of methoxy groups -OCH3 is 2. The summed E-state index contributed by atoms with van der Waals surface area (Å²) >= 11 is 6.47. The van der Waals surface area contributed by atoms with Crippen LogP contribution in [0.25, 0.3) is 0 Å². The molecule has 0 radical (unpaired) electrons. The van der Waals surface area contributed by atoms with E-state index in [4.69, 9.17) is 25.8 Å². The molecular formula is C30H35ClN2O5. The SMILES string of the molecule is CCC(C)NC(=O)C(Cc1ccccc1)N(Cc1ccccc1Cl)C(=O)COc1cc(OC)cc(OC)c1. The Morgan fingerprint density at radius 1 is 0.921 bits per heavy atom. The van der Waals surface area contributed by atoms with Gasteiger partial charge in [-0.15, -0.1) is 0 Å². The van der Waals surface area contributed by atoms with E-state index in [-0.39, 0.29) is 31.0 Å². The minimum Gasteiger partial charge on any atom is -0.496 e. The maximum absolute atomic E-state index is 13.7. The Morgan fingerprint density at radius 2 is 1.53 bits per heavy atom. The monoisotopic (exact) mass is 538 g/mol. The molecule has 0 aliphatic rings. The van der Waals surface area contributed by atoms with Crippen molar-refractivity contribution in [3.05, 3.63) is 88.9 Å². The van der Waals surface area contributed by atoms with Gasteiger partial charge in [-0.2, -0.15) is 0 Å². The first-order valence-corrected chi connectivity index (χ1v) is 12.9. The molecule has 7 nitrogen and oxygen atoms in total. The van der Waals surface area contributed by atoms with Gasteiger partial charge in [0.2, 0.25) is 5.91 Å². The molecule has 8 heteroatoms. The zero-order chi connectivity index (χ0) is 27.5. The van der Waals surface area contributed by atoms with Crippen molar-refractivity contribution in [1.82, 2.24) is 10.2 Å². The second-order valence-electron chi connectivity index (χ2n) is 8.97. The fourth-order valence-corrected chi connectivity index (χ4v) is 4.09. The lowest BCUT2D eigenvalue weighted by atomic mass is 10.0. The first-order chi connectivity index (χ1) is 18.3. The summed E-state index contributed by atoms with van der Waals surface area (Å²) in [6.45, 7) is 3.80. The fraction of sp³-hybridized carbons (Fsp3) is 0.333. The van der Waals surface area contributed by atoms with Gasteiger partial charge in [0.25, 0.3) is 5.91 Å². The number of carbonyl (C=O) groups excluding carboxylic acids is 2. The molecule has 3 aromatic rings. The third-order valence-electron chi connectivity index (χ3n) is 6.26. The number of carbonyl (C=O) groups is 2. The van der Waals surface area contributed by atoms with Gasteiger partial charge < -0.3 is 24.4 Å². The van der Waals surface area contributed by atoms with Crippen LogP contribution >= 0.6 is 11.6 Å². The van der Waals surface area contributed by atoms with Crippen LogP contribution in [0.1, 0.15) is 31.4 Å². The van der Waals surface area contributed by atoms with E-state index in [9.17, 15) is 9.59 Å². The number of nitrogens with zero attached hydrogens (tertiary/aromatic N) is 1. The number of nitrogens with one attached hydrogen (secondary N) is 1. The summed E-state index contributed by atoms with van der Waals surface area (Å²) in [4.78, 5) is 28.9. The zero-order valence-electron chi connectivity index (χ0n) is 22.3. The van der Waals surface area contributed by atoms with Gasteiger partial charge in [-0.1, -0.05) is 67.1 Å². The number of rotatable bonds is 13. The van der Waals surface area contributed by atoms with E-state index >= 15 is 0 Å². The maximum Gasteiger partial charge on any atom is 0.261 e. The van der Waals surface area contributed by atoms with Gasteiger partial charge in [0.15, 0.2) is 6.61 Å². The van der Waals surface area contributed by atoms with Gasteiger partial charge >= 0.3 is 0 Å². The van der Waals surface area contributed by atoms with Crippen LogP contribution in [0.3, 0.4) is 0 Å². The molecule has 0 saturated heterocycles. The Bertz CT molecular complexity index is 1180. The van der Waals surface area contributed by atoms with E-state index in [0.717, 1.165) is 17.5 Å². The van der Waals surface area contributed by atoms with Crippen molar-refractivity contribution in [1.29, 1.82) is 0 Å². The van der Waals surface area contributed by atoms with E-state index in [1.807, 2.05) is 62.4 Å². The molecule has 2 atom stereocenters. The predicted octanol–water partition coefficient (Wildman–Crippen LogP) is 5.29. The largest absolute Gasteiger partial charge is 0.496 e. The summed E-state index contributed by atoms with van der Waals surface area (Å²) in [5, 5.41) is 3.57. The smallest absolute Gasteiger partial charge is 0.261 e. The molecular weight excluding hydrogens is 504 g/mol. The van der Waals surface area contributed by atoms with Crippen molar-refractivity contribution in [2.75, 3.05) is 20.8 Å². The average Bonchev–Trinajstić information content (AvgIpc) is 2.94. The third-order valence-corrected chi connectivity index (χ3v) is 6.63. The molecule has 38 heavy (non-hydrogen) atoms. The molecule has 0 aromatic heterocycles. The predicted molar refractivity (Wildman–Crippen MR) is 149 cm³/mol. The summed E-state index contributed by atoms with van der Waals surface area (Å²) in [6.07, 6.45) is 1.11. The highest BCUT2D eigenvalue weighted by molar-refractivity contribution is 6.31. The lowest BCUT2D eigenvalue weighted by molar-refractivity contribution is -0.143. The molecule has 0 aliphatic heterocycles. The fourth-order valence-electron chi connectivity index (χ4n) is 3.90. The van der Waals surface area contributed by atoms with Crippen LogP contribution in [0.2, 0.25) is 5.02 Å². The molecule has 0 aliphatic carbocycles. The quantitative estimate of drug-likeness (QED) is 0.320. The average molecular weight is 539 g/mol. The highest BCUT2D eigenvalue weighted by atomic mass is 35.5. The molecule has 0 bridgehead atoms. The number of hydrogen-bond acceptors (Lipinski definition) is 5. The Balaban J connectivity index is 1.94. The molecule has 1 N–H and O–H groups in total. The molecule has 3 aromatic carbocycles. The minimum atomic E-state index is -0.779.